The monoisotopic (exact) mass is 425 g/mol. The van der Waals surface area contributed by atoms with Crippen molar-refractivity contribution < 1.29 is 9.63 Å². The minimum Gasteiger partial charge on any atom is -0.314 e. The molecule has 3 unspecified atom stereocenters. The van der Waals surface area contributed by atoms with E-state index in [4.69, 9.17) is 4.84 Å². The van der Waals surface area contributed by atoms with Crippen molar-refractivity contribution in [2.24, 2.45) is 0 Å². The van der Waals surface area contributed by atoms with Gasteiger partial charge in [-0.3, -0.25) is 14.6 Å². The van der Waals surface area contributed by atoms with Gasteiger partial charge < -0.3 is 5.32 Å². The van der Waals surface area contributed by atoms with Gasteiger partial charge in [-0.15, -0.1) is 0 Å². The second-order valence-corrected chi connectivity index (χ2v) is 8.37. The van der Waals surface area contributed by atoms with Crippen molar-refractivity contribution in [2.45, 2.75) is 51.5 Å². The lowest BCUT2D eigenvalue weighted by Gasteiger charge is -2.51. The Morgan fingerprint density at radius 1 is 1.16 bits per heavy atom. The fraction of sp³-hybridized carbons (Fsp3) is 0.542. The Kier molecular flexibility index (Phi) is 6.77. The summed E-state index contributed by atoms with van der Waals surface area (Å²) >= 11 is 0. The molecule has 31 heavy (non-hydrogen) atoms. The fourth-order valence-corrected chi connectivity index (χ4v) is 4.83. The van der Waals surface area contributed by atoms with E-state index in [0.29, 0.717) is 6.61 Å². The van der Waals surface area contributed by atoms with Crippen LogP contribution in [0.3, 0.4) is 0 Å². The molecule has 2 heterocycles. The largest absolute Gasteiger partial charge is 0.340 e. The highest BCUT2D eigenvalue weighted by Crippen LogP contribution is 2.45. The molecule has 0 spiro atoms. The molecule has 7 heteroatoms. The van der Waals surface area contributed by atoms with Crippen molar-refractivity contribution in [2.75, 3.05) is 32.8 Å². The molecular weight excluding hydrogens is 390 g/mol. The van der Waals surface area contributed by atoms with Crippen molar-refractivity contribution in [1.82, 2.24) is 25.3 Å². The van der Waals surface area contributed by atoms with Gasteiger partial charge in [0.1, 0.15) is 5.66 Å². The summed E-state index contributed by atoms with van der Waals surface area (Å²) in [5.74, 6) is 0. The number of hydroxylamine groups is 1. The van der Waals surface area contributed by atoms with E-state index in [-0.39, 0.29) is 18.2 Å². The standard InChI is InChI=1S/C24H35N5O2/c1-4-20(3)28-23(30)27(22(29(28)31-5-2)21-12-8-6-9-13-21)24(14-10-7-11-15-24)26-18-16-25-17-19-26/h6-14,20,22,25H,4-5,15-19H2,1-3H3. The molecule has 1 aromatic rings. The van der Waals surface area contributed by atoms with Crippen LogP contribution >= 0.6 is 0 Å². The third-order valence-corrected chi connectivity index (χ3v) is 6.55. The van der Waals surface area contributed by atoms with E-state index in [9.17, 15) is 4.79 Å². The van der Waals surface area contributed by atoms with Gasteiger partial charge in [-0.1, -0.05) is 60.7 Å². The highest BCUT2D eigenvalue weighted by atomic mass is 16.7. The zero-order valence-electron chi connectivity index (χ0n) is 18.9. The van der Waals surface area contributed by atoms with Gasteiger partial charge in [0.25, 0.3) is 0 Å². The Morgan fingerprint density at radius 3 is 2.52 bits per heavy atom. The molecule has 2 aliphatic heterocycles. The highest BCUT2D eigenvalue weighted by Gasteiger charge is 2.57. The highest BCUT2D eigenvalue weighted by molar-refractivity contribution is 5.78. The van der Waals surface area contributed by atoms with Crippen LogP contribution < -0.4 is 5.32 Å². The molecule has 1 N–H and O–H groups in total. The Bertz CT molecular complexity index is 807. The number of carbonyl (C=O) groups is 1. The van der Waals surface area contributed by atoms with Crippen molar-refractivity contribution in [1.29, 1.82) is 0 Å². The normalized spacial score (nSPS) is 28.5. The van der Waals surface area contributed by atoms with Gasteiger partial charge in [0.2, 0.25) is 0 Å². The number of benzene rings is 1. The predicted octanol–water partition coefficient (Wildman–Crippen LogP) is 3.51. The van der Waals surface area contributed by atoms with Crippen molar-refractivity contribution in [3.8, 4) is 0 Å². The van der Waals surface area contributed by atoms with E-state index in [0.717, 1.165) is 44.6 Å². The maximum Gasteiger partial charge on any atom is 0.340 e. The number of hydrazine groups is 1. The van der Waals surface area contributed by atoms with Gasteiger partial charge in [0, 0.05) is 38.6 Å². The van der Waals surface area contributed by atoms with Gasteiger partial charge in [-0.2, -0.15) is 0 Å². The summed E-state index contributed by atoms with van der Waals surface area (Å²) in [5, 5.41) is 7.09. The number of urea groups is 1. The quantitative estimate of drug-likeness (QED) is 0.725. The molecular formula is C24H35N5O2. The first-order valence-electron chi connectivity index (χ1n) is 11.5. The van der Waals surface area contributed by atoms with Gasteiger partial charge in [0.05, 0.1) is 6.61 Å². The van der Waals surface area contributed by atoms with Crippen LogP contribution in [0.1, 0.15) is 45.3 Å². The topological polar surface area (TPSA) is 51.3 Å². The Labute approximate surface area is 185 Å². The Hall–Kier alpha value is -2.19. The van der Waals surface area contributed by atoms with Crippen molar-refractivity contribution >= 4 is 6.03 Å². The molecule has 4 rings (SSSR count). The average molecular weight is 426 g/mol. The molecule has 0 saturated carbocycles. The van der Waals surface area contributed by atoms with E-state index in [1.807, 2.05) is 35.3 Å². The molecule has 7 nitrogen and oxygen atoms in total. The summed E-state index contributed by atoms with van der Waals surface area (Å²) in [7, 11) is 0. The minimum atomic E-state index is -0.536. The van der Waals surface area contributed by atoms with Crippen LogP contribution in [-0.2, 0) is 4.84 Å². The molecule has 1 aromatic carbocycles. The van der Waals surface area contributed by atoms with Crippen LogP contribution in [0.4, 0.5) is 4.79 Å². The number of rotatable bonds is 7. The van der Waals surface area contributed by atoms with Gasteiger partial charge >= 0.3 is 6.03 Å². The van der Waals surface area contributed by atoms with Crippen LogP contribution in [0.25, 0.3) is 0 Å². The molecule has 0 bridgehead atoms. The van der Waals surface area contributed by atoms with E-state index in [2.05, 4.69) is 65.4 Å². The third-order valence-electron chi connectivity index (χ3n) is 6.55. The summed E-state index contributed by atoms with van der Waals surface area (Å²) in [6.45, 7) is 10.3. The second-order valence-electron chi connectivity index (χ2n) is 8.37. The fourth-order valence-electron chi connectivity index (χ4n) is 4.83. The van der Waals surface area contributed by atoms with E-state index >= 15 is 0 Å². The lowest BCUT2D eigenvalue weighted by Crippen LogP contribution is -2.65. The molecule has 0 aromatic heterocycles. The van der Waals surface area contributed by atoms with E-state index in [1.165, 1.54) is 0 Å². The Balaban J connectivity index is 1.86. The number of carbonyl (C=O) groups excluding carboxylic acids is 1. The molecule has 2 amide bonds. The van der Waals surface area contributed by atoms with Crippen molar-refractivity contribution in [3.63, 3.8) is 0 Å². The molecule has 2 saturated heterocycles. The number of nitrogens with zero attached hydrogens (tertiary/aromatic N) is 4. The zero-order valence-corrected chi connectivity index (χ0v) is 18.9. The molecule has 3 aliphatic rings. The maximum atomic E-state index is 14.2. The summed E-state index contributed by atoms with van der Waals surface area (Å²) in [6, 6.07) is 10.3. The first kappa shape index (κ1) is 22.0. The smallest absolute Gasteiger partial charge is 0.314 e. The van der Waals surface area contributed by atoms with Crippen LogP contribution in [0, 0.1) is 0 Å². The zero-order chi connectivity index (χ0) is 21.8. The summed E-state index contributed by atoms with van der Waals surface area (Å²) in [6.07, 6.45) is 9.80. The maximum absolute atomic E-state index is 14.2. The number of hydrogen-bond donors (Lipinski definition) is 1. The average Bonchev–Trinajstić information content (AvgIpc) is 3.12. The van der Waals surface area contributed by atoms with Gasteiger partial charge in [0.15, 0.2) is 6.17 Å². The lowest BCUT2D eigenvalue weighted by molar-refractivity contribution is -0.290. The molecule has 3 atom stereocenters. The number of hydrogen-bond acceptors (Lipinski definition) is 5. The van der Waals surface area contributed by atoms with Gasteiger partial charge in [-0.05, 0) is 31.9 Å². The van der Waals surface area contributed by atoms with Crippen molar-refractivity contribution in [3.05, 3.63) is 60.2 Å². The lowest BCUT2D eigenvalue weighted by atomic mass is 9.94. The van der Waals surface area contributed by atoms with Crippen LogP contribution in [0.15, 0.2) is 54.6 Å². The SMILES string of the molecule is CCON1C(c2ccccc2)N(C2(N3CCNCC3)C=CC=CC2)C(=O)N1C(C)CC. The molecule has 0 radical (unpaired) electrons. The predicted molar refractivity (Wildman–Crippen MR) is 122 cm³/mol. The molecule has 1 aliphatic carbocycles. The molecule has 2 fully saturated rings. The summed E-state index contributed by atoms with van der Waals surface area (Å²) < 4.78 is 0. The number of amides is 2. The van der Waals surface area contributed by atoms with E-state index < -0.39 is 5.66 Å². The van der Waals surface area contributed by atoms with Crippen LogP contribution in [0.2, 0.25) is 0 Å². The minimum absolute atomic E-state index is 0.00450. The summed E-state index contributed by atoms with van der Waals surface area (Å²) in [5.41, 5.74) is 0.513. The van der Waals surface area contributed by atoms with Crippen LogP contribution in [0.5, 0.6) is 0 Å². The Morgan fingerprint density at radius 2 is 1.90 bits per heavy atom. The first-order valence-corrected chi connectivity index (χ1v) is 11.5. The second kappa shape index (κ2) is 9.53. The number of piperazine rings is 1. The number of allylic oxidation sites excluding steroid dienone is 2. The summed E-state index contributed by atoms with van der Waals surface area (Å²) in [4.78, 5) is 24.8. The van der Waals surface area contributed by atoms with E-state index in [1.54, 1.807) is 0 Å². The van der Waals surface area contributed by atoms with Gasteiger partial charge in [-0.25, -0.2) is 9.80 Å². The third kappa shape index (κ3) is 3.91. The van der Waals surface area contributed by atoms with Crippen LogP contribution in [-0.4, -0.2) is 70.5 Å². The first-order chi connectivity index (χ1) is 15.1. The number of nitrogens with one attached hydrogen (secondary N) is 1. The molecule has 168 valence electrons.